The summed E-state index contributed by atoms with van der Waals surface area (Å²) in [5.74, 6) is -0.0538. The van der Waals surface area contributed by atoms with Gasteiger partial charge < -0.3 is 10.6 Å². The van der Waals surface area contributed by atoms with Crippen LogP contribution in [-0.4, -0.2) is 39.7 Å². The lowest BCUT2D eigenvalue weighted by atomic mass is 10.2. The van der Waals surface area contributed by atoms with E-state index >= 15 is 0 Å². The molecule has 18 heavy (non-hydrogen) atoms. The fraction of sp³-hybridized carbons (Fsp3) is 0.600. The molecule has 8 heteroatoms. The highest BCUT2D eigenvalue weighted by Crippen LogP contribution is 2.08. The molecule has 1 aromatic rings. The number of rotatable bonds is 5. The number of hydrogen-bond donors (Lipinski definition) is 2. The normalized spacial score (nSPS) is 18.8. The minimum absolute atomic E-state index is 0.0538. The highest BCUT2D eigenvalue weighted by atomic mass is 16.6. The smallest absolute Gasteiger partial charge is 0.306 e. The fourth-order valence-electron chi connectivity index (χ4n) is 1.86. The number of amides is 1. The predicted octanol–water partition coefficient (Wildman–Crippen LogP) is -0.341. The zero-order valence-corrected chi connectivity index (χ0v) is 9.83. The van der Waals surface area contributed by atoms with E-state index in [0.717, 1.165) is 19.5 Å². The molecular weight excluding hydrogens is 238 g/mol. The summed E-state index contributed by atoms with van der Waals surface area (Å²) in [4.78, 5) is 21.5. The second-order valence-electron chi connectivity index (χ2n) is 4.23. The van der Waals surface area contributed by atoms with E-state index in [1.807, 2.05) is 0 Å². The van der Waals surface area contributed by atoms with Crippen LogP contribution in [0.1, 0.15) is 12.8 Å². The molecule has 0 aliphatic carbocycles. The van der Waals surface area contributed by atoms with Crippen molar-refractivity contribution in [3.05, 3.63) is 22.5 Å². The van der Waals surface area contributed by atoms with Crippen molar-refractivity contribution in [1.82, 2.24) is 20.4 Å². The Labute approximate surface area is 104 Å². The minimum Gasteiger partial charge on any atom is -0.352 e. The van der Waals surface area contributed by atoms with Crippen molar-refractivity contribution < 1.29 is 9.72 Å². The summed E-state index contributed by atoms with van der Waals surface area (Å²) in [6.07, 6.45) is 3.72. The maximum atomic E-state index is 11.6. The molecule has 1 saturated heterocycles. The molecule has 0 aromatic carbocycles. The van der Waals surface area contributed by atoms with Gasteiger partial charge in [-0.25, -0.2) is 0 Å². The second kappa shape index (κ2) is 5.58. The van der Waals surface area contributed by atoms with Gasteiger partial charge in [0.15, 0.2) is 0 Å². The third kappa shape index (κ3) is 3.27. The van der Waals surface area contributed by atoms with Crippen LogP contribution >= 0.6 is 0 Å². The Bertz CT molecular complexity index is 438. The topological polar surface area (TPSA) is 102 Å². The molecule has 1 atom stereocenters. The average Bonchev–Trinajstić information content (AvgIpc) is 2.96. The first-order chi connectivity index (χ1) is 8.65. The summed E-state index contributed by atoms with van der Waals surface area (Å²) >= 11 is 0. The summed E-state index contributed by atoms with van der Waals surface area (Å²) in [6, 6.07) is 0.199. The van der Waals surface area contributed by atoms with Crippen LogP contribution in [0.15, 0.2) is 12.4 Å². The van der Waals surface area contributed by atoms with Crippen LogP contribution in [0, 0.1) is 10.1 Å². The number of hydrogen-bond acceptors (Lipinski definition) is 5. The maximum Gasteiger partial charge on any atom is 0.306 e. The van der Waals surface area contributed by atoms with Gasteiger partial charge in [-0.15, -0.1) is 0 Å². The van der Waals surface area contributed by atoms with E-state index < -0.39 is 4.92 Å². The van der Waals surface area contributed by atoms with Crippen LogP contribution < -0.4 is 10.6 Å². The summed E-state index contributed by atoms with van der Waals surface area (Å²) < 4.78 is 1.41. The molecule has 0 spiro atoms. The van der Waals surface area contributed by atoms with Crippen molar-refractivity contribution in [2.45, 2.75) is 25.4 Å². The third-order valence-corrected chi connectivity index (χ3v) is 2.82. The average molecular weight is 253 g/mol. The molecule has 0 radical (unpaired) electrons. The van der Waals surface area contributed by atoms with Crippen LogP contribution in [0.25, 0.3) is 0 Å². The van der Waals surface area contributed by atoms with Gasteiger partial charge in [0, 0.05) is 25.6 Å². The molecule has 0 saturated carbocycles. The molecular formula is C10H15N5O3. The van der Waals surface area contributed by atoms with Gasteiger partial charge in [-0.1, -0.05) is 0 Å². The third-order valence-electron chi connectivity index (χ3n) is 2.82. The molecule has 1 aliphatic heterocycles. The van der Waals surface area contributed by atoms with Crippen LogP contribution in [0.5, 0.6) is 0 Å². The lowest BCUT2D eigenvalue weighted by molar-refractivity contribution is -0.385. The monoisotopic (exact) mass is 253 g/mol. The van der Waals surface area contributed by atoms with Gasteiger partial charge >= 0.3 is 5.69 Å². The molecule has 1 aliphatic rings. The molecule has 1 amide bonds. The van der Waals surface area contributed by atoms with Crippen LogP contribution in [0.4, 0.5) is 5.69 Å². The standard InChI is InChI=1S/C10H15N5O3/c16-10(13-8-1-3-11-5-8)2-4-14-7-9(6-12-14)15(17)18/h6-8,11H,1-5H2,(H,13,16). The number of carbonyl (C=O) groups is 1. The lowest BCUT2D eigenvalue weighted by Gasteiger charge is -2.10. The van der Waals surface area contributed by atoms with E-state index in [9.17, 15) is 14.9 Å². The zero-order valence-electron chi connectivity index (χ0n) is 9.83. The molecule has 2 heterocycles. The van der Waals surface area contributed by atoms with E-state index in [-0.39, 0.29) is 24.1 Å². The minimum atomic E-state index is -0.506. The quantitative estimate of drug-likeness (QED) is 0.552. The van der Waals surface area contributed by atoms with Crippen molar-refractivity contribution in [2.24, 2.45) is 0 Å². The van der Waals surface area contributed by atoms with Gasteiger partial charge in [0.1, 0.15) is 12.4 Å². The highest BCUT2D eigenvalue weighted by Gasteiger charge is 2.16. The Balaban J connectivity index is 1.76. The summed E-state index contributed by atoms with van der Waals surface area (Å²) in [7, 11) is 0. The van der Waals surface area contributed by atoms with E-state index in [4.69, 9.17) is 0 Å². The number of nitro groups is 1. The van der Waals surface area contributed by atoms with Crippen LogP contribution in [0.3, 0.4) is 0 Å². The summed E-state index contributed by atoms with van der Waals surface area (Å²) in [5, 5.41) is 20.3. The molecule has 1 fully saturated rings. The van der Waals surface area contributed by atoms with Crippen LogP contribution in [0.2, 0.25) is 0 Å². The van der Waals surface area contributed by atoms with Crippen molar-refractivity contribution in [3.63, 3.8) is 0 Å². The lowest BCUT2D eigenvalue weighted by Crippen LogP contribution is -2.36. The van der Waals surface area contributed by atoms with E-state index in [2.05, 4.69) is 15.7 Å². The molecule has 1 unspecified atom stereocenters. The van der Waals surface area contributed by atoms with Gasteiger partial charge in [0.2, 0.25) is 5.91 Å². The largest absolute Gasteiger partial charge is 0.352 e. The highest BCUT2D eigenvalue weighted by molar-refractivity contribution is 5.76. The summed E-state index contributed by atoms with van der Waals surface area (Å²) in [5.41, 5.74) is -0.0598. The SMILES string of the molecule is O=C(CCn1cc([N+](=O)[O-])cn1)NC1CCNC1. The van der Waals surface area contributed by atoms with Gasteiger partial charge in [-0.2, -0.15) is 5.10 Å². The second-order valence-corrected chi connectivity index (χ2v) is 4.23. The van der Waals surface area contributed by atoms with E-state index in [1.54, 1.807) is 0 Å². The Morgan fingerprint density at radius 1 is 1.72 bits per heavy atom. The first-order valence-corrected chi connectivity index (χ1v) is 5.82. The first-order valence-electron chi connectivity index (χ1n) is 5.82. The predicted molar refractivity (Wildman–Crippen MR) is 62.9 cm³/mol. The Kier molecular flexibility index (Phi) is 3.88. The number of nitrogens with zero attached hydrogens (tertiary/aromatic N) is 3. The Morgan fingerprint density at radius 3 is 3.17 bits per heavy atom. The van der Waals surface area contributed by atoms with Crippen molar-refractivity contribution >= 4 is 11.6 Å². The molecule has 8 nitrogen and oxygen atoms in total. The van der Waals surface area contributed by atoms with E-state index in [1.165, 1.54) is 17.1 Å². The van der Waals surface area contributed by atoms with Crippen molar-refractivity contribution in [1.29, 1.82) is 0 Å². The molecule has 2 N–H and O–H groups in total. The molecule has 1 aromatic heterocycles. The molecule has 0 bridgehead atoms. The first kappa shape index (κ1) is 12.5. The van der Waals surface area contributed by atoms with E-state index in [0.29, 0.717) is 6.54 Å². The fourth-order valence-corrected chi connectivity index (χ4v) is 1.86. The Hall–Kier alpha value is -1.96. The Morgan fingerprint density at radius 2 is 2.56 bits per heavy atom. The van der Waals surface area contributed by atoms with Gasteiger partial charge in [0.05, 0.1) is 4.92 Å². The number of carbonyl (C=O) groups excluding carboxylic acids is 1. The number of nitrogens with one attached hydrogen (secondary N) is 2. The zero-order chi connectivity index (χ0) is 13.0. The molecule has 2 rings (SSSR count). The van der Waals surface area contributed by atoms with Gasteiger partial charge in [-0.3, -0.25) is 19.6 Å². The maximum absolute atomic E-state index is 11.6. The van der Waals surface area contributed by atoms with Crippen molar-refractivity contribution in [2.75, 3.05) is 13.1 Å². The number of aromatic nitrogens is 2. The van der Waals surface area contributed by atoms with Gasteiger partial charge in [0.25, 0.3) is 0 Å². The molecule has 98 valence electrons. The van der Waals surface area contributed by atoms with Gasteiger partial charge in [-0.05, 0) is 13.0 Å². The summed E-state index contributed by atoms with van der Waals surface area (Å²) in [6.45, 7) is 2.08. The van der Waals surface area contributed by atoms with Crippen LogP contribution in [-0.2, 0) is 11.3 Å². The number of aryl methyl sites for hydroxylation is 1. The van der Waals surface area contributed by atoms with Crippen molar-refractivity contribution in [3.8, 4) is 0 Å².